The molecule has 0 aromatic heterocycles. The fourth-order valence-electron chi connectivity index (χ4n) is 9.24. The van der Waals surface area contributed by atoms with Crippen molar-refractivity contribution in [2.75, 3.05) is 19.6 Å². The number of ketones is 1. The van der Waals surface area contributed by atoms with Crippen molar-refractivity contribution in [2.24, 2.45) is 41.2 Å². The summed E-state index contributed by atoms with van der Waals surface area (Å²) in [6.07, 6.45) is 2.02. The maximum Gasteiger partial charge on any atom is 0.246 e. The summed E-state index contributed by atoms with van der Waals surface area (Å²) in [5.41, 5.74) is 0.617. The van der Waals surface area contributed by atoms with Crippen LogP contribution >= 0.6 is 0 Å². The summed E-state index contributed by atoms with van der Waals surface area (Å²) >= 11 is 0. The molecule has 13 N–H and O–H groups in total. The molecule has 0 saturated carbocycles. The molecule has 0 aromatic carbocycles. The average molecular weight is 1190 g/mol. The van der Waals surface area contributed by atoms with Gasteiger partial charge in [0.2, 0.25) is 59.1 Å². The maximum absolute atomic E-state index is 14.5. The molecule has 11 unspecified atom stereocenters. The minimum atomic E-state index is -1.83. The quantitative estimate of drug-likeness (QED) is 0.0398. The number of aliphatic hydroxyl groups excluding tert-OH is 2. The Balaban J connectivity index is 3.46. The third-order valence-corrected chi connectivity index (χ3v) is 14.8. The van der Waals surface area contributed by atoms with Gasteiger partial charge in [-0.2, -0.15) is 0 Å². The van der Waals surface area contributed by atoms with E-state index in [1.54, 1.807) is 40.7 Å². The molecule has 1 aliphatic rings. The minimum Gasteiger partial charge on any atom is -0.393 e. The van der Waals surface area contributed by atoms with Gasteiger partial charge in [-0.1, -0.05) is 88.7 Å². The molecule has 1 saturated heterocycles. The minimum absolute atomic E-state index is 0.0158. The molecule has 480 valence electrons. The standard InChI is InChI=1S/C60H107N11O13/c1-19-36(9)21-22-47(75)71-32-38(11)29-45(71)53(80)65-44(28-37(10)27-41(73)30-40(72)20-2)51(78)67-48(49(76)35(7)8)54(81)69-59(15,16)56(83)66-42(25-33(3)4)50(77)64-43(26-34(5)6)52(79)68-60(17,18)57(84)70-58(13,14)55(82)62-24-23-46(74)63-39(12)31-61/h21-22,33-39,41-45,48-49,73,76H,19-20,23-32,61H2,1-18H3,(H,62,82)(H,63,74)(H,64,77)(H,65,80)(H,66,83)(H,67,78)(H,68,79)(H,69,81)(H,70,84). The van der Waals surface area contributed by atoms with Crippen LogP contribution in [0.1, 0.15) is 182 Å². The van der Waals surface area contributed by atoms with Gasteiger partial charge < -0.3 is 68.7 Å². The molecule has 1 rings (SSSR count). The Labute approximate surface area is 499 Å². The van der Waals surface area contributed by atoms with Crippen molar-refractivity contribution in [3.05, 3.63) is 12.2 Å². The number of hydrogen-bond acceptors (Lipinski definition) is 14. The van der Waals surface area contributed by atoms with Crippen LogP contribution in [0.4, 0.5) is 0 Å². The Morgan fingerprint density at radius 3 is 1.69 bits per heavy atom. The lowest BCUT2D eigenvalue weighted by Crippen LogP contribution is -2.66. The molecule has 0 radical (unpaired) electrons. The second kappa shape index (κ2) is 34.8. The first kappa shape index (κ1) is 76.0. The number of nitrogens with zero attached hydrogens (tertiary/aromatic N) is 1. The van der Waals surface area contributed by atoms with E-state index >= 15 is 0 Å². The van der Waals surface area contributed by atoms with Crippen LogP contribution in [0.15, 0.2) is 12.2 Å². The summed E-state index contributed by atoms with van der Waals surface area (Å²) in [5, 5.41) is 46.5. The van der Waals surface area contributed by atoms with Crippen LogP contribution in [0, 0.1) is 35.5 Å². The summed E-state index contributed by atoms with van der Waals surface area (Å²) in [4.78, 5) is 152. The Bertz CT molecular complexity index is 2290. The molecule has 10 amide bonds. The van der Waals surface area contributed by atoms with Crippen LogP contribution < -0.4 is 53.6 Å². The number of nitrogens with one attached hydrogen (secondary N) is 9. The highest BCUT2D eigenvalue weighted by molar-refractivity contribution is 6.00. The van der Waals surface area contributed by atoms with Crippen molar-refractivity contribution in [3.63, 3.8) is 0 Å². The van der Waals surface area contributed by atoms with Crippen molar-refractivity contribution in [3.8, 4) is 0 Å². The van der Waals surface area contributed by atoms with Crippen LogP contribution in [0.25, 0.3) is 0 Å². The fraction of sp³-hybridized carbons (Fsp3) is 0.783. The summed E-state index contributed by atoms with van der Waals surface area (Å²) < 4.78 is 0. The smallest absolute Gasteiger partial charge is 0.246 e. The average Bonchev–Trinajstić information content (AvgIpc) is 4.01. The van der Waals surface area contributed by atoms with E-state index in [-0.39, 0.29) is 105 Å². The van der Waals surface area contributed by atoms with Gasteiger partial charge in [0, 0.05) is 44.9 Å². The topological polar surface area (TPSA) is 366 Å². The van der Waals surface area contributed by atoms with Crippen molar-refractivity contribution in [1.29, 1.82) is 0 Å². The zero-order chi connectivity index (χ0) is 64.8. The number of hydrogen-bond donors (Lipinski definition) is 12. The third-order valence-electron chi connectivity index (χ3n) is 14.8. The van der Waals surface area contributed by atoms with Gasteiger partial charge >= 0.3 is 0 Å². The molecule has 0 spiro atoms. The van der Waals surface area contributed by atoms with E-state index in [0.29, 0.717) is 13.0 Å². The fourth-order valence-corrected chi connectivity index (χ4v) is 9.24. The van der Waals surface area contributed by atoms with Gasteiger partial charge in [0.1, 0.15) is 52.6 Å². The highest BCUT2D eigenvalue weighted by Crippen LogP contribution is 2.25. The molecule has 0 bridgehead atoms. The first-order valence-corrected chi connectivity index (χ1v) is 30.0. The van der Waals surface area contributed by atoms with Gasteiger partial charge in [-0.25, -0.2) is 0 Å². The number of likely N-dealkylation sites (tertiary alicyclic amines) is 1. The van der Waals surface area contributed by atoms with Gasteiger partial charge in [-0.3, -0.25) is 52.7 Å². The zero-order valence-electron chi connectivity index (χ0n) is 53.6. The number of Topliss-reactive ketones (excluding diaryl/α,β-unsaturated/α-hetero) is 1. The van der Waals surface area contributed by atoms with E-state index < -0.39 is 118 Å². The molecule has 84 heavy (non-hydrogen) atoms. The van der Waals surface area contributed by atoms with Gasteiger partial charge in [0.05, 0.1) is 12.2 Å². The number of carbonyl (C=O) groups excluding carboxylic acids is 11. The highest BCUT2D eigenvalue weighted by Gasteiger charge is 2.43. The molecule has 1 fully saturated rings. The molecule has 1 heterocycles. The Hall–Kier alpha value is -6.01. The molecule has 24 heteroatoms. The van der Waals surface area contributed by atoms with Gasteiger partial charge in [0.15, 0.2) is 0 Å². The lowest BCUT2D eigenvalue weighted by Gasteiger charge is -2.34. The SMILES string of the molecule is CCC(=O)CC(O)CC(C)CC(NC(=O)C1CC(C)CN1C(=O)C=CC(C)CC)C(=O)NC(C(=O)NC(C)(C)C(=O)NC(CC(C)C)C(=O)NC(CC(C)C)C(=O)NC(C)(C)C(=O)NC(C)(C)C(=O)NCCC(=O)NC(C)CN)C(O)C(C)C. The number of nitrogens with two attached hydrogens (primary N) is 1. The predicted molar refractivity (Wildman–Crippen MR) is 321 cm³/mol. The van der Waals surface area contributed by atoms with Crippen LogP contribution in [0.5, 0.6) is 0 Å². The van der Waals surface area contributed by atoms with E-state index in [9.17, 15) is 63.0 Å². The van der Waals surface area contributed by atoms with E-state index in [2.05, 4.69) is 47.9 Å². The lowest BCUT2D eigenvalue weighted by molar-refractivity contribution is -0.140. The molecular formula is C60H107N11O13. The molecule has 0 aliphatic carbocycles. The molecular weight excluding hydrogens is 1080 g/mol. The number of carbonyl (C=O) groups is 11. The Kier molecular flexibility index (Phi) is 31.5. The third kappa shape index (κ3) is 26.1. The van der Waals surface area contributed by atoms with Gasteiger partial charge in [-0.05, 0) is 122 Å². The van der Waals surface area contributed by atoms with Gasteiger partial charge in [0.25, 0.3) is 0 Å². The van der Waals surface area contributed by atoms with Crippen molar-refractivity contribution < 1.29 is 63.0 Å². The molecule has 0 aromatic rings. The number of allylic oxidation sites excluding steroid dienone is 1. The van der Waals surface area contributed by atoms with Crippen LogP contribution in [-0.4, -0.2) is 165 Å². The Morgan fingerprint density at radius 2 is 1.15 bits per heavy atom. The van der Waals surface area contributed by atoms with Crippen molar-refractivity contribution in [2.45, 2.75) is 247 Å². The zero-order valence-corrected chi connectivity index (χ0v) is 53.6. The number of rotatable bonds is 36. The normalized spacial score (nSPS) is 18.1. The van der Waals surface area contributed by atoms with E-state index in [1.165, 1.54) is 52.5 Å². The van der Waals surface area contributed by atoms with E-state index in [1.807, 2.05) is 48.5 Å². The first-order valence-electron chi connectivity index (χ1n) is 30.0. The molecule has 1 aliphatic heterocycles. The largest absolute Gasteiger partial charge is 0.393 e. The molecule has 11 atom stereocenters. The summed E-state index contributed by atoms with van der Waals surface area (Å²) in [7, 11) is 0. The molecule has 24 nitrogen and oxygen atoms in total. The monoisotopic (exact) mass is 1190 g/mol. The summed E-state index contributed by atoms with van der Waals surface area (Å²) in [5.74, 6) is -8.37. The van der Waals surface area contributed by atoms with Crippen molar-refractivity contribution in [1.82, 2.24) is 52.8 Å². The second-order valence-electron chi connectivity index (χ2n) is 26.1. The van der Waals surface area contributed by atoms with Crippen LogP contribution in [0.3, 0.4) is 0 Å². The first-order chi connectivity index (χ1) is 38.7. The lowest BCUT2D eigenvalue weighted by atomic mass is 9.92. The van der Waals surface area contributed by atoms with Gasteiger partial charge in [-0.15, -0.1) is 0 Å². The Morgan fingerprint density at radius 1 is 0.631 bits per heavy atom. The highest BCUT2D eigenvalue weighted by atomic mass is 16.3. The predicted octanol–water partition coefficient (Wildman–Crippen LogP) is 1.67. The second-order valence-corrected chi connectivity index (χ2v) is 26.1. The van der Waals surface area contributed by atoms with Crippen LogP contribution in [-0.2, 0) is 52.7 Å². The number of aliphatic hydroxyl groups is 2. The van der Waals surface area contributed by atoms with Crippen LogP contribution in [0.2, 0.25) is 0 Å². The summed E-state index contributed by atoms with van der Waals surface area (Å²) in [6.45, 7) is 30.5. The number of amides is 10. The van der Waals surface area contributed by atoms with Crippen molar-refractivity contribution >= 4 is 64.9 Å². The van der Waals surface area contributed by atoms with E-state index in [0.717, 1.165) is 6.42 Å². The van der Waals surface area contributed by atoms with E-state index in [4.69, 9.17) is 5.73 Å². The maximum atomic E-state index is 14.5. The summed E-state index contributed by atoms with van der Waals surface area (Å²) in [6, 6.07) is -6.76.